The number of aliphatic carboxylic acids is 2. The highest BCUT2D eigenvalue weighted by atomic mass is 16.4. The number of rotatable bonds is 18. The number of primary amides is 1. The summed E-state index contributed by atoms with van der Waals surface area (Å²) in [4.78, 5) is 71.6. The molecule has 14 heteroatoms. The second-order valence-electron chi connectivity index (χ2n) is 8.65. The molecule has 4 amide bonds. The highest BCUT2D eigenvalue weighted by Gasteiger charge is 2.31. The van der Waals surface area contributed by atoms with Crippen molar-refractivity contribution in [3.63, 3.8) is 0 Å². The van der Waals surface area contributed by atoms with E-state index in [1.807, 2.05) is 0 Å². The molecule has 0 aromatic rings. The molecule has 0 saturated heterocycles. The van der Waals surface area contributed by atoms with Crippen molar-refractivity contribution in [3.05, 3.63) is 0 Å². The van der Waals surface area contributed by atoms with Gasteiger partial charge in [0, 0.05) is 6.42 Å². The molecule has 0 heterocycles. The maximum Gasteiger partial charge on any atom is 0.326 e. The van der Waals surface area contributed by atoms with Crippen LogP contribution < -0.4 is 33.2 Å². The molecule has 0 aliphatic rings. The molecule has 11 N–H and O–H groups in total. The van der Waals surface area contributed by atoms with E-state index in [0.29, 0.717) is 19.4 Å². The second kappa shape index (κ2) is 16.4. The summed E-state index contributed by atoms with van der Waals surface area (Å²) < 4.78 is 0. The monoisotopic (exact) mass is 502 g/mol. The molecule has 35 heavy (non-hydrogen) atoms. The molecule has 0 aliphatic carbocycles. The van der Waals surface area contributed by atoms with Gasteiger partial charge in [-0.15, -0.1) is 0 Å². The number of hydrogen-bond donors (Lipinski definition) is 8. The first-order chi connectivity index (χ1) is 16.3. The Kier molecular flexibility index (Phi) is 14.9. The van der Waals surface area contributed by atoms with Gasteiger partial charge in [-0.3, -0.25) is 24.0 Å². The van der Waals surface area contributed by atoms with Crippen molar-refractivity contribution in [2.24, 2.45) is 23.1 Å². The Labute approximate surface area is 203 Å². The van der Waals surface area contributed by atoms with E-state index in [9.17, 15) is 33.9 Å². The van der Waals surface area contributed by atoms with Gasteiger partial charge in [0.1, 0.15) is 18.1 Å². The van der Waals surface area contributed by atoms with Crippen LogP contribution in [-0.4, -0.2) is 76.5 Å². The maximum absolute atomic E-state index is 12.9. The van der Waals surface area contributed by atoms with Gasteiger partial charge in [-0.05, 0) is 44.6 Å². The molecule has 200 valence electrons. The Morgan fingerprint density at radius 1 is 0.800 bits per heavy atom. The van der Waals surface area contributed by atoms with Crippen LogP contribution in [0.4, 0.5) is 0 Å². The number of amides is 4. The lowest BCUT2D eigenvalue weighted by molar-refractivity contribution is -0.143. The summed E-state index contributed by atoms with van der Waals surface area (Å²) in [7, 11) is 0. The predicted octanol–water partition coefficient (Wildman–Crippen LogP) is -2.23. The number of unbranched alkanes of at least 4 members (excludes halogenated alkanes) is 1. The minimum absolute atomic E-state index is 0.0800. The summed E-state index contributed by atoms with van der Waals surface area (Å²) in [5.74, 6) is -5.91. The fourth-order valence-electron chi connectivity index (χ4n) is 3.10. The predicted molar refractivity (Wildman–Crippen MR) is 124 cm³/mol. The van der Waals surface area contributed by atoms with Crippen molar-refractivity contribution < 1.29 is 39.0 Å². The Balaban J connectivity index is 5.46. The zero-order valence-corrected chi connectivity index (χ0v) is 20.1. The Hall–Kier alpha value is -3.26. The average molecular weight is 503 g/mol. The summed E-state index contributed by atoms with van der Waals surface area (Å²) in [5, 5.41) is 25.2. The molecule has 0 aromatic carbocycles. The molecular weight excluding hydrogens is 464 g/mol. The van der Waals surface area contributed by atoms with Crippen LogP contribution in [0.2, 0.25) is 0 Å². The normalized spacial score (nSPS) is 14.3. The third kappa shape index (κ3) is 13.9. The minimum Gasteiger partial charge on any atom is -0.481 e. The van der Waals surface area contributed by atoms with Gasteiger partial charge in [0.15, 0.2) is 0 Å². The van der Waals surface area contributed by atoms with E-state index < -0.39 is 66.2 Å². The van der Waals surface area contributed by atoms with Gasteiger partial charge in [0.2, 0.25) is 23.6 Å². The van der Waals surface area contributed by atoms with Crippen LogP contribution in [0.1, 0.15) is 58.8 Å². The standard InChI is InChI=1S/C21H38N6O8/c1-11(2)9-14(26-18(31)12(23)6-7-17(29)30)19(32)27-15(10-16(24)28)20(33)25-13(21(34)35)5-3-4-8-22/h11-15H,3-10,22-23H2,1-2H3,(H2,24,28)(H,25,33)(H,26,31)(H,27,32)(H,29,30)(H,34,35). The third-order valence-corrected chi connectivity index (χ3v) is 4.95. The highest BCUT2D eigenvalue weighted by molar-refractivity contribution is 5.96. The fourth-order valence-corrected chi connectivity index (χ4v) is 3.10. The van der Waals surface area contributed by atoms with Crippen LogP contribution >= 0.6 is 0 Å². The van der Waals surface area contributed by atoms with E-state index in [4.69, 9.17) is 22.3 Å². The molecule has 0 aromatic heterocycles. The van der Waals surface area contributed by atoms with Crippen molar-refractivity contribution in [3.8, 4) is 0 Å². The summed E-state index contributed by atoms with van der Waals surface area (Å²) in [6, 6.07) is -5.08. The number of carbonyl (C=O) groups excluding carboxylic acids is 4. The number of nitrogens with two attached hydrogens (primary N) is 3. The van der Waals surface area contributed by atoms with Gasteiger partial charge in [-0.25, -0.2) is 4.79 Å². The molecule has 0 rings (SSSR count). The van der Waals surface area contributed by atoms with Crippen molar-refractivity contribution in [1.29, 1.82) is 0 Å². The van der Waals surface area contributed by atoms with Crippen molar-refractivity contribution >= 4 is 35.6 Å². The molecule has 0 spiro atoms. The zero-order valence-electron chi connectivity index (χ0n) is 20.1. The summed E-state index contributed by atoms with van der Waals surface area (Å²) >= 11 is 0. The molecular formula is C21H38N6O8. The summed E-state index contributed by atoms with van der Waals surface area (Å²) in [6.07, 6.45) is 0.128. The van der Waals surface area contributed by atoms with Crippen molar-refractivity contribution in [2.75, 3.05) is 6.54 Å². The van der Waals surface area contributed by atoms with Crippen LogP contribution in [0.15, 0.2) is 0 Å². The zero-order chi connectivity index (χ0) is 27.1. The lowest BCUT2D eigenvalue weighted by Crippen LogP contribution is -2.58. The van der Waals surface area contributed by atoms with Gasteiger partial charge in [-0.1, -0.05) is 13.8 Å². The van der Waals surface area contributed by atoms with E-state index in [1.54, 1.807) is 13.8 Å². The molecule has 0 radical (unpaired) electrons. The maximum atomic E-state index is 12.9. The number of carboxylic acids is 2. The minimum atomic E-state index is -1.48. The first-order valence-electron chi connectivity index (χ1n) is 11.4. The first kappa shape index (κ1) is 31.7. The SMILES string of the molecule is CC(C)CC(NC(=O)C(N)CCC(=O)O)C(=O)NC(CC(N)=O)C(=O)NC(CCCCN)C(=O)O. The number of hydrogen-bond acceptors (Lipinski definition) is 8. The fraction of sp³-hybridized carbons (Fsp3) is 0.714. The molecule has 14 nitrogen and oxygen atoms in total. The Morgan fingerprint density at radius 3 is 1.83 bits per heavy atom. The van der Waals surface area contributed by atoms with Crippen LogP contribution in [0, 0.1) is 5.92 Å². The van der Waals surface area contributed by atoms with Crippen LogP contribution in [-0.2, 0) is 28.8 Å². The average Bonchev–Trinajstić information content (AvgIpc) is 2.74. The van der Waals surface area contributed by atoms with Gasteiger partial charge in [0.05, 0.1) is 12.5 Å². The number of nitrogens with one attached hydrogen (secondary N) is 3. The van der Waals surface area contributed by atoms with Crippen molar-refractivity contribution in [2.45, 2.75) is 83.0 Å². The number of carbonyl (C=O) groups is 6. The highest BCUT2D eigenvalue weighted by Crippen LogP contribution is 2.08. The third-order valence-electron chi connectivity index (χ3n) is 4.95. The van der Waals surface area contributed by atoms with E-state index in [2.05, 4.69) is 16.0 Å². The van der Waals surface area contributed by atoms with E-state index in [0.717, 1.165) is 0 Å². The molecule has 0 saturated carbocycles. The van der Waals surface area contributed by atoms with Crippen LogP contribution in [0.3, 0.4) is 0 Å². The Morgan fingerprint density at radius 2 is 1.34 bits per heavy atom. The van der Waals surface area contributed by atoms with Crippen LogP contribution in [0.25, 0.3) is 0 Å². The van der Waals surface area contributed by atoms with Gasteiger partial charge >= 0.3 is 11.9 Å². The largest absolute Gasteiger partial charge is 0.481 e. The quantitative estimate of drug-likeness (QED) is 0.0935. The Bertz CT molecular complexity index is 760. The topological polar surface area (TPSA) is 257 Å². The van der Waals surface area contributed by atoms with E-state index in [1.165, 1.54) is 0 Å². The van der Waals surface area contributed by atoms with Crippen LogP contribution in [0.5, 0.6) is 0 Å². The second-order valence-corrected chi connectivity index (χ2v) is 8.65. The summed E-state index contributed by atoms with van der Waals surface area (Å²) in [6.45, 7) is 3.91. The lowest BCUT2D eigenvalue weighted by atomic mass is 10.0. The first-order valence-corrected chi connectivity index (χ1v) is 11.4. The van der Waals surface area contributed by atoms with E-state index in [-0.39, 0.29) is 31.6 Å². The van der Waals surface area contributed by atoms with Gasteiger partial charge < -0.3 is 43.4 Å². The van der Waals surface area contributed by atoms with Crippen molar-refractivity contribution in [1.82, 2.24) is 16.0 Å². The molecule has 0 aliphatic heterocycles. The van der Waals surface area contributed by atoms with Gasteiger partial charge in [-0.2, -0.15) is 0 Å². The molecule has 4 unspecified atom stereocenters. The smallest absolute Gasteiger partial charge is 0.326 e. The molecule has 0 bridgehead atoms. The van der Waals surface area contributed by atoms with Gasteiger partial charge in [0.25, 0.3) is 0 Å². The molecule has 4 atom stereocenters. The lowest BCUT2D eigenvalue weighted by Gasteiger charge is -2.25. The summed E-state index contributed by atoms with van der Waals surface area (Å²) in [5.41, 5.74) is 16.3. The number of carboxylic acid groups (broad SMARTS) is 2. The van der Waals surface area contributed by atoms with E-state index >= 15 is 0 Å². The molecule has 0 fully saturated rings.